The maximum atomic E-state index is 11.6. The number of nitriles is 1. The van der Waals surface area contributed by atoms with Gasteiger partial charge in [-0.15, -0.1) is 0 Å². The lowest BCUT2D eigenvalue weighted by Crippen LogP contribution is -2.25. The van der Waals surface area contributed by atoms with Crippen LogP contribution < -0.4 is 0 Å². The highest BCUT2D eigenvalue weighted by atomic mass is 16.5. The van der Waals surface area contributed by atoms with Gasteiger partial charge in [0.25, 0.3) is 0 Å². The average molecular weight is 297 g/mol. The average Bonchev–Trinajstić information content (AvgIpc) is 2.97. The van der Waals surface area contributed by atoms with Crippen LogP contribution in [-0.4, -0.2) is 22.9 Å². The number of carbonyl (C=O) groups is 1. The smallest absolute Gasteiger partial charge is 0.308 e. The summed E-state index contributed by atoms with van der Waals surface area (Å²) in [6.07, 6.45) is 5.65. The van der Waals surface area contributed by atoms with Crippen LogP contribution in [0.1, 0.15) is 31.2 Å². The van der Waals surface area contributed by atoms with E-state index < -0.39 is 0 Å². The Kier molecular flexibility index (Phi) is 4.10. The van der Waals surface area contributed by atoms with E-state index in [1.165, 1.54) is 7.11 Å². The van der Waals surface area contributed by atoms with Crippen LogP contribution in [-0.2, 0) is 16.1 Å². The third kappa shape index (κ3) is 2.82. The van der Waals surface area contributed by atoms with Gasteiger partial charge in [0.15, 0.2) is 0 Å². The van der Waals surface area contributed by atoms with Crippen LogP contribution in [0.25, 0.3) is 10.9 Å². The topological polar surface area (TPSA) is 67.9 Å². The lowest BCUT2D eigenvalue weighted by Gasteiger charge is -2.26. The fourth-order valence-electron chi connectivity index (χ4n) is 3.28. The van der Waals surface area contributed by atoms with Crippen LogP contribution >= 0.6 is 0 Å². The van der Waals surface area contributed by atoms with Crippen molar-refractivity contribution in [3.05, 3.63) is 30.0 Å². The zero-order chi connectivity index (χ0) is 15.5. The van der Waals surface area contributed by atoms with Crippen molar-refractivity contribution in [2.45, 2.75) is 32.2 Å². The van der Waals surface area contributed by atoms with E-state index in [4.69, 9.17) is 10.00 Å². The van der Waals surface area contributed by atoms with Gasteiger partial charge in [0, 0.05) is 11.9 Å². The minimum atomic E-state index is -0.0818. The van der Waals surface area contributed by atoms with Crippen molar-refractivity contribution < 1.29 is 9.53 Å². The van der Waals surface area contributed by atoms with Crippen LogP contribution in [0.15, 0.2) is 24.4 Å². The van der Waals surface area contributed by atoms with Crippen LogP contribution in [0, 0.1) is 23.2 Å². The number of ether oxygens (including phenoxy) is 1. The third-order valence-corrected chi connectivity index (χ3v) is 4.59. The monoisotopic (exact) mass is 297 g/mol. The largest absolute Gasteiger partial charge is 0.469 e. The molecule has 0 bridgehead atoms. The number of nitrogens with zero attached hydrogens (tertiary/aromatic N) is 3. The van der Waals surface area contributed by atoms with Gasteiger partial charge in [-0.05, 0) is 49.8 Å². The quantitative estimate of drug-likeness (QED) is 0.817. The van der Waals surface area contributed by atoms with Crippen molar-refractivity contribution in [3.63, 3.8) is 0 Å². The predicted molar refractivity (Wildman–Crippen MR) is 81.9 cm³/mol. The van der Waals surface area contributed by atoms with E-state index in [-0.39, 0.29) is 11.9 Å². The molecule has 114 valence electrons. The summed E-state index contributed by atoms with van der Waals surface area (Å²) in [5.74, 6) is 0.497. The van der Waals surface area contributed by atoms with Gasteiger partial charge in [-0.3, -0.25) is 9.48 Å². The number of esters is 1. The zero-order valence-electron chi connectivity index (χ0n) is 12.7. The van der Waals surface area contributed by atoms with E-state index in [1.54, 1.807) is 0 Å². The van der Waals surface area contributed by atoms with Crippen molar-refractivity contribution in [3.8, 4) is 6.07 Å². The van der Waals surface area contributed by atoms with Crippen LogP contribution in [0.4, 0.5) is 0 Å². The van der Waals surface area contributed by atoms with E-state index in [9.17, 15) is 4.79 Å². The Morgan fingerprint density at radius 1 is 1.41 bits per heavy atom. The second kappa shape index (κ2) is 6.18. The number of aromatic nitrogens is 2. The van der Waals surface area contributed by atoms with Gasteiger partial charge in [0.1, 0.15) is 0 Å². The lowest BCUT2D eigenvalue weighted by molar-refractivity contribution is -0.146. The number of benzene rings is 1. The fraction of sp³-hybridized carbons (Fsp3) is 0.471. The molecule has 0 spiro atoms. The van der Waals surface area contributed by atoms with Crippen molar-refractivity contribution in [1.29, 1.82) is 5.26 Å². The summed E-state index contributed by atoms with van der Waals surface area (Å²) in [4.78, 5) is 11.6. The molecular weight excluding hydrogens is 278 g/mol. The standard InChI is InChI=1S/C17H19N3O2/c1-22-17(21)14-5-2-12(3-6-14)11-20-16-8-13(9-18)4-7-15(16)10-19-20/h4,7-8,10,12,14H,2-3,5-6,11H2,1H3/t12-,14-. The molecule has 1 heterocycles. The SMILES string of the molecule is COC(=O)[C@H]1CC[C@H](Cn2ncc3ccc(C#N)cc32)CC1. The maximum Gasteiger partial charge on any atom is 0.308 e. The molecule has 0 saturated heterocycles. The molecule has 1 fully saturated rings. The van der Waals surface area contributed by atoms with E-state index in [1.807, 2.05) is 29.1 Å². The summed E-state index contributed by atoms with van der Waals surface area (Å²) in [6, 6.07) is 7.81. The van der Waals surface area contributed by atoms with Gasteiger partial charge in [0.2, 0.25) is 0 Å². The van der Waals surface area contributed by atoms with E-state index in [2.05, 4.69) is 11.2 Å². The molecule has 1 aliphatic carbocycles. The zero-order valence-corrected chi connectivity index (χ0v) is 12.7. The molecule has 5 heteroatoms. The molecule has 0 amide bonds. The molecule has 5 nitrogen and oxygen atoms in total. The second-order valence-corrected chi connectivity index (χ2v) is 5.95. The number of rotatable bonds is 3. The molecule has 1 aliphatic rings. The van der Waals surface area contributed by atoms with E-state index in [0.717, 1.165) is 43.1 Å². The number of methoxy groups -OCH3 is 1. The summed E-state index contributed by atoms with van der Waals surface area (Å²) in [6.45, 7) is 0.840. The molecular formula is C17H19N3O2. The molecule has 0 N–H and O–H groups in total. The van der Waals surface area contributed by atoms with Gasteiger partial charge in [-0.25, -0.2) is 0 Å². The van der Waals surface area contributed by atoms with E-state index >= 15 is 0 Å². The Morgan fingerprint density at radius 2 is 2.18 bits per heavy atom. The minimum absolute atomic E-state index is 0.0563. The molecule has 1 aromatic carbocycles. The lowest BCUT2D eigenvalue weighted by atomic mass is 9.82. The summed E-state index contributed by atoms with van der Waals surface area (Å²) in [5, 5.41) is 14.5. The van der Waals surface area contributed by atoms with Gasteiger partial charge >= 0.3 is 5.97 Å². The Labute approximate surface area is 129 Å². The Balaban J connectivity index is 1.70. The number of carbonyl (C=O) groups excluding carboxylic acids is 1. The molecule has 22 heavy (non-hydrogen) atoms. The summed E-state index contributed by atoms with van der Waals surface area (Å²) >= 11 is 0. The molecule has 2 aromatic rings. The molecule has 0 unspecified atom stereocenters. The first-order valence-corrected chi connectivity index (χ1v) is 7.64. The number of fused-ring (bicyclic) bond motifs is 1. The minimum Gasteiger partial charge on any atom is -0.469 e. The van der Waals surface area contributed by atoms with Crippen LogP contribution in [0.5, 0.6) is 0 Å². The number of hydrogen-bond donors (Lipinski definition) is 0. The summed E-state index contributed by atoms with van der Waals surface area (Å²) in [7, 11) is 1.46. The predicted octanol–water partition coefficient (Wildman–Crippen LogP) is 2.89. The van der Waals surface area contributed by atoms with Gasteiger partial charge in [0.05, 0.1) is 36.4 Å². The highest BCUT2D eigenvalue weighted by Crippen LogP contribution is 2.31. The first kappa shape index (κ1) is 14.6. The maximum absolute atomic E-state index is 11.6. The molecule has 1 saturated carbocycles. The van der Waals surface area contributed by atoms with Gasteiger partial charge in [-0.2, -0.15) is 10.4 Å². The van der Waals surface area contributed by atoms with Crippen molar-refractivity contribution in [2.75, 3.05) is 7.11 Å². The van der Waals surface area contributed by atoms with Gasteiger partial charge in [-0.1, -0.05) is 0 Å². The molecule has 3 rings (SSSR count). The van der Waals surface area contributed by atoms with E-state index in [0.29, 0.717) is 11.5 Å². The molecule has 0 radical (unpaired) electrons. The highest BCUT2D eigenvalue weighted by Gasteiger charge is 2.27. The third-order valence-electron chi connectivity index (χ3n) is 4.59. The summed E-state index contributed by atoms with van der Waals surface area (Å²) in [5.41, 5.74) is 1.66. The fourth-order valence-corrected chi connectivity index (χ4v) is 3.28. The molecule has 1 aromatic heterocycles. The Morgan fingerprint density at radius 3 is 2.86 bits per heavy atom. The van der Waals surface area contributed by atoms with Crippen molar-refractivity contribution >= 4 is 16.9 Å². The highest BCUT2D eigenvalue weighted by molar-refractivity contribution is 5.80. The van der Waals surface area contributed by atoms with Gasteiger partial charge < -0.3 is 4.74 Å². The Bertz CT molecular complexity index is 721. The first-order valence-electron chi connectivity index (χ1n) is 7.64. The van der Waals surface area contributed by atoms with Crippen LogP contribution in [0.3, 0.4) is 0 Å². The number of hydrogen-bond acceptors (Lipinski definition) is 4. The van der Waals surface area contributed by atoms with Crippen molar-refractivity contribution in [1.82, 2.24) is 9.78 Å². The second-order valence-electron chi connectivity index (χ2n) is 5.95. The van der Waals surface area contributed by atoms with Crippen molar-refractivity contribution in [2.24, 2.45) is 11.8 Å². The normalized spacial score (nSPS) is 21.5. The Hall–Kier alpha value is -2.35. The molecule has 0 atom stereocenters. The summed E-state index contributed by atoms with van der Waals surface area (Å²) < 4.78 is 6.81. The molecule has 0 aliphatic heterocycles. The van der Waals surface area contributed by atoms with Crippen LogP contribution in [0.2, 0.25) is 0 Å². The first-order chi connectivity index (χ1) is 10.7.